The molecule has 0 bridgehead atoms. The topological polar surface area (TPSA) is 109 Å². The summed E-state index contributed by atoms with van der Waals surface area (Å²) >= 11 is 0. The highest BCUT2D eigenvalue weighted by Crippen LogP contribution is 2.13. The summed E-state index contributed by atoms with van der Waals surface area (Å²) in [6.45, 7) is 12.5. The Hall–Kier alpha value is -1.67. The van der Waals surface area contributed by atoms with Crippen LogP contribution in [-0.2, 0) is 42.6 Å². The van der Waals surface area contributed by atoms with Crippen LogP contribution in [0.25, 0.3) is 0 Å². The molecular formula is C40H72O11. The molecule has 0 spiro atoms. The van der Waals surface area contributed by atoms with Crippen LogP contribution in [0.3, 0.4) is 0 Å². The van der Waals surface area contributed by atoms with Gasteiger partial charge in [-0.05, 0) is 30.7 Å². The van der Waals surface area contributed by atoms with Gasteiger partial charge in [0.1, 0.15) is 18.6 Å². The van der Waals surface area contributed by atoms with Crippen LogP contribution in [0.1, 0.15) is 101 Å². The van der Waals surface area contributed by atoms with E-state index in [9.17, 15) is 4.79 Å². The number of ether oxygens (including phenoxy) is 10. The van der Waals surface area contributed by atoms with Crippen molar-refractivity contribution in [2.45, 2.75) is 90.4 Å². The van der Waals surface area contributed by atoms with Gasteiger partial charge in [-0.3, -0.25) is 4.79 Å². The zero-order valence-corrected chi connectivity index (χ0v) is 32.0. The number of carbonyl (C=O) groups is 1. The van der Waals surface area contributed by atoms with E-state index < -0.39 is 0 Å². The maximum Gasteiger partial charge on any atom is 0.150 e. The second-order valence-electron chi connectivity index (χ2n) is 12.3. The van der Waals surface area contributed by atoms with Crippen LogP contribution in [0.5, 0.6) is 5.75 Å². The van der Waals surface area contributed by atoms with Gasteiger partial charge in [-0.25, -0.2) is 0 Å². The van der Waals surface area contributed by atoms with Gasteiger partial charge in [0.2, 0.25) is 0 Å². The first-order chi connectivity index (χ1) is 25.4. The molecule has 0 saturated carbocycles. The van der Waals surface area contributed by atoms with Crippen molar-refractivity contribution < 1.29 is 52.2 Å². The molecule has 0 aliphatic heterocycles. The molecule has 0 heterocycles. The molecule has 0 atom stereocenters. The number of benzene rings is 1. The smallest absolute Gasteiger partial charge is 0.150 e. The third kappa shape index (κ3) is 36.5. The van der Waals surface area contributed by atoms with Crippen molar-refractivity contribution in [1.82, 2.24) is 0 Å². The summed E-state index contributed by atoms with van der Waals surface area (Å²) in [5, 5.41) is 0. The molecule has 0 radical (unpaired) electrons. The second-order valence-corrected chi connectivity index (χ2v) is 12.3. The lowest BCUT2D eigenvalue weighted by atomic mass is 10.0. The summed E-state index contributed by atoms with van der Waals surface area (Å²) in [7, 11) is 0. The molecule has 0 saturated heterocycles. The van der Waals surface area contributed by atoms with E-state index in [0.717, 1.165) is 19.3 Å². The van der Waals surface area contributed by atoms with Gasteiger partial charge in [-0.15, -0.1) is 0 Å². The number of rotatable bonds is 43. The SMILES string of the molecule is CCCCCCCCCCCCCCCOCCOCCOCCOCCOCCOCCOCCOCCOCCOc1ccc(C=O)cc1. The van der Waals surface area contributed by atoms with Crippen LogP contribution in [0, 0.1) is 0 Å². The van der Waals surface area contributed by atoms with Crippen LogP contribution < -0.4 is 4.74 Å². The van der Waals surface area contributed by atoms with Crippen molar-refractivity contribution in [3.63, 3.8) is 0 Å². The monoisotopic (exact) mass is 729 g/mol. The Kier molecular flexibility index (Phi) is 38.2. The molecule has 0 aliphatic carbocycles. The molecule has 0 N–H and O–H groups in total. The fraction of sp³-hybridized carbons (Fsp3) is 0.825. The zero-order valence-electron chi connectivity index (χ0n) is 32.0. The summed E-state index contributed by atoms with van der Waals surface area (Å²) < 4.78 is 55.3. The molecule has 0 aliphatic rings. The van der Waals surface area contributed by atoms with E-state index in [1.807, 2.05) is 0 Å². The molecule has 0 fully saturated rings. The summed E-state index contributed by atoms with van der Waals surface area (Å²) in [5.41, 5.74) is 0.622. The standard InChI is InChI=1S/C40H72O11/c1-2-3-4-5-6-7-8-9-10-11-12-13-14-19-42-20-21-43-22-23-44-24-25-45-26-27-46-28-29-47-30-31-48-32-33-49-34-35-50-36-37-51-40-17-15-39(38-41)16-18-40/h15-18,38H,2-14,19-37H2,1H3. The molecular weight excluding hydrogens is 656 g/mol. The second kappa shape index (κ2) is 41.1. The Balaban J connectivity index is 1.62. The molecule has 11 nitrogen and oxygen atoms in total. The van der Waals surface area contributed by atoms with Crippen molar-refractivity contribution in [3.8, 4) is 5.75 Å². The number of unbranched alkanes of at least 4 members (excludes halogenated alkanes) is 12. The highest BCUT2D eigenvalue weighted by molar-refractivity contribution is 5.74. The first-order valence-electron chi connectivity index (χ1n) is 19.7. The van der Waals surface area contributed by atoms with Crippen molar-refractivity contribution in [1.29, 1.82) is 0 Å². The molecule has 1 rings (SSSR count). The molecule has 51 heavy (non-hydrogen) atoms. The lowest BCUT2D eigenvalue weighted by Gasteiger charge is -2.09. The number of hydrogen-bond donors (Lipinski definition) is 0. The van der Waals surface area contributed by atoms with Crippen molar-refractivity contribution in [2.24, 2.45) is 0 Å². The van der Waals surface area contributed by atoms with Crippen molar-refractivity contribution >= 4 is 6.29 Å². The van der Waals surface area contributed by atoms with Crippen LogP contribution in [-0.4, -0.2) is 132 Å². The first-order valence-corrected chi connectivity index (χ1v) is 19.7. The molecule has 0 aromatic heterocycles. The average Bonchev–Trinajstić information content (AvgIpc) is 3.15. The van der Waals surface area contributed by atoms with Crippen LogP contribution in [0.15, 0.2) is 24.3 Å². The fourth-order valence-corrected chi connectivity index (χ4v) is 4.94. The van der Waals surface area contributed by atoms with Gasteiger partial charge in [0.25, 0.3) is 0 Å². The van der Waals surface area contributed by atoms with Gasteiger partial charge in [-0.1, -0.05) is 84.0 Å². The normalized spacial score (nSPS) is 11.4. The summed E-state index contributed by atoms with van der Waals surface area (Å²) in [4.78, 5) is 10.6. The predicted molar refractivity (Wildman–Crippen MR) is 200 cm³/mol. The predicted octanol–water partition coefficient (Wildman–Crippen LogP) is 7.12. The lowest BCUT2D eigenvalue weighted by molar-refractivity contribution is -0.0254. The Morgan fingerprint density at radius 1 is 0.353 bits per heavy atom. The molecule has 1 aromatic carbocycles. The molecule has 298 valence electrons. The maximum atomic E-state index is 10.6. The summed E-state index contributed by atoms with van der Waals surface area (Å²) in [6.07, 6.45) is 18.6. The summed E-state index contributed by atoms with van der Waals surface area (Å²) in [6, 6.07) is 6.96. The van der Waals surface area contributed by atoms with E-state index in [1.54, 1.807) is 24.3 Å². The third-order valence-electron chi connectivity index (χ3n) is 7.88. The van der Waals surface area contributed by atoms with Crippen LogP contribution in [0.2, 0.25) is 0 Å². The maximum absolute atomic E-state index is 10.6. The fourth-order valence-electron chi connectivity index (χ4n) is 4.94. The van der Waals surface area contributed by atoms with Crippen molar-refractivity contribution in [3.05, 3.63) is 29.8 Å². The zero-order chi connectivity index (χ0) is 36.4. The van der Waals surface area contributed by atoms with Gasteiger partial charge in [0, 0.05) is 12.2 Å². The van der Waals surface area contributed by atoms with E-state index >= 15 is 0 Å². The molecule has 1 aromatic rings. The van der Waals surface area contributed by atoms with E-state index in [2.05, 4.69) is 6.92 Å². The van der Waals surface area contributed by atoms with Gasteiger partial charge >= 0.3 is 0 Å². The van der Waals surface area contributed by atoms with Crippen LogP contribution in [0.4, 0.5) is 0 Å². The Labute approximate surface area is 309 Å². The number of carbonyl (C=O) groups excluding carboxylic acids is 1. The molecule has 11 heteroatoms. The van der Waals surface area contributed by atoms with E-state index in [-0.39, 0.29) is 0 Å². The van der Waals surface area contributed by atoms with Gasteiger partial charge in [0.05, 0.1) is 112 Å². The largest absolute Gasteiger partial charge is 0.491 e. The Morgan fingerprint density at radius 3 is 0.941 bits per heavy atom. The quantitative estimate of drug-likeness (QED) is 0.0507. The minimum absolute atomic E-state index is 0.436. The average molecular weight is 729 g/mol. The van der Waals surface area contributed by atoms with Crippen LogP contribution >= 0.6 is 0 Å². The van der Waals surface area contributed by atoms with E-state index in [0.29, 0.717) is 130 Å². The Bertz CT molecular complexity index is 812. The van der Waals surface area contributed by atoms with Gasteiger partial charge in [0.15, 0.2) is 0 Å². The van der Waals surface area contributed by atoms with Gasteiger partial charge < -0.3 is 47.4 Å². The molecule has 0 unspecified atom stereocenters. The van der Waals surface area contributed by atoms with Gasteiger partial charge in [-0.2, -0.15) is 0 Å². The third-order valence-corrected chi connectivity index (χ3v) is 7.88. The molecule has 0 amide bonds. The number of aldehydes is 1. The highest BCUT2D eigenvalue weighted by Gasteiger charge is 1.98. The minimum Gasteiger partial charge on any atom is -0.491 e. The minimum atomic E-state index is 0.436. The Morgan fingerprint density at radius 2 is 0.627 bits per heavy atom. The lowest BCUT2D eigenvalue weighted by Crippen LogP contribution is -2.15. The number of hydrogen-bond acceptors (Lipinski definition) is 11. The van der Waals surface area contributed by atoms with E-state index in [4.69, 9.17) is 47.4 Å². The summed E-state index contributed by atoms with van der Waals surface area (Å²) in [5.74, 6) is 0.709. The highest BCUT2D eigenvalue weighted by atomic mass is 16.6. The van der Waals surface area contributed by atoms with Crippen molar-refractivity contribution in [2.75, 3.05) is 126 Å². The first kappa shape index (κ1) is 47.4. The van der Waals surface area contributed by atoms with E-state index in [1.165, 1.54) is 77.0 Å².